The van der Waals surface area contributed by atoms with Crippen LogP contribution in [-0.4, -0.2) is 37.3 Å². The topological polar surface area (TPSA) is 115 Å². The van der Waals surface area contributed by atoms with Gasteiger partial charge in [0.25, 0.3) is 0 Å². The molecule has 0 aliphatic heterocycles. The van der Waals surface area contributed by atoms with Gasteiger partial charge in [-0.3, -0.25) is 20.4 Å². The summed E-state index contributed by atoms with van der Waals surface area (Å²) in [6.45, 7) is 0. The molecule has 2 N–H and O–H groups in total. The molecule has 0 unspecified atom stereocenters. The Hall–Kier alpha value is -3.37. The number of carbonyl (C=O) groups excluding carboxylic acids is 2. The molecule has 3 aromatic heterocycles. The fourth-order valence-electron chi connectivity index (χ4n) is 2.50. The zero-order chi connectivity index (χ0) is 20.2. The van der Waals surface area contributed by atoms with Crippen LogP contribution in [0.2, 0.25) is 5.02 Å². The number of hydrogen-bond donors (Lipinski definition) is 2. The molecule has 1 aromatic carbocycles. The number of rotatable bonds is 5. The van der Waals surface area contributed by atoms with Crippen molar-refractivity contribution in [1.29, 1.82) is 0 Å². The number of nitrogens with zero attached hydrogens (tertiary/aromatic N) is 4. The first-order valence-electron chi connectivity index (χ1n) is 8.32. The predicted octanol–water partition coefficient (Wildman–Crippen LogP) is 2.62. The summed E-state index contributed by atoms with van der Waals surface area (Å²) in [6, 6.07) is 10.4. The van der Waals surface area contributed by atoms with E-state index in [9.17, 15) is 9.59 Å². The molecule has 0 atom stereocenters. The Balaban J connectivity index is 1.44. The summed E-state index contributed by atoms with van der Waals surface area (Å²) in [7, 11) is 0. The van der Waals surface area contributed by atoms with Gasteiger partial charge in [-0.25, -0.2) is 14.6 Å². The SMILES string of the molecule is O=C(CSc1ncnc2c1cnn2-c1ccccc1Cl)NNC(=O)c1ccco1. The van der Waals surface area contributed by atoms with Crippen molar-refractivity contribution in [2.75, 3.05) is 5.75 Å². The van der Waals surface area contributed by atoms with Gasteiger partial charge in [0.05, 0.1) is 34.3 Å². The molecule has 0 aliphatic carbocycles. The van der Waals surface area contributed by atoms with Gasteiger partial charge in [0.2, 0.25) is 5.91 Å². The van der Waals surface area contributed by atoms with Gasteiger partial charge in [0.1, 0.15) is 11.4 Å². The number of para-hydroxylation sites is 1. The van der Waals surface area contributed by atoms with Crippen molar-refractivity contribution in [2.45, 2.75) is 5.03 Å². The molecule has 0 fully saturated rings. The quantitative estimate of drug-likeness (QED) is 0.285. The first kappa shape index (κ1) is 19.0. The minimum Gasteiger partial charge on any atom is -0.459 e. The zero-order valence-electron chi connectivity index (χ0n) is 14.7. The van der Waals surface area contributed by atoms with E-state index < -0.39 is 11.8 Å². The van der Waals surface area contributed by atoms with Crippen LogP contribution in [0.5, 0.6) is 0 Å². The molecule has 0 bridgehead atoms. The van der Waals surface area contributed by atoms with Crippen molar-refractivity contribution in [2.24, 2.45) is 0 Å². The highest BCUT2D eigenvalue weighted by Crippen LogP contribution is 2.27. The number of halogens is 1. The Kier molecular flexibility index (Phi) is 5.45. The molecule has 2 amide bonds. The Morgan fingerprint density at radius 3 is 2.79 bits per heavy atom. The van der Waals surface area contributed by atoms with Crippen molar-refractivity contribution >= 4 is 46.2 Å². The molecular weight excluding hydrogens is 416 g/mol. The van der Waals surface area contributed by atoms with Crippen LogP contribution in [0.15, 0.2) is 64.6 Å². The Bertz CT molecular complexity index is 1180. The van der Waals surface area contributed by atoms with Gasteiger partial charge >= 0.3 is 5.91 Å². The van der Waals surface area contributed by atoms with Crippen LogP contribution in [0.4, 0.5) is 0 Å². The highest BCUT2D eigenvalue weighted by Gasteiger charge is 2.15. The molecule has 29 heavy (non-hydrogen) atoms. The first-order valence-corrected chi connectivity index (χ1v) is 9.69. The van der Waals surface area contributed by atoms with E-state index in [0.29, 0.717) is 26.8 Å². The van der Waals surface area contributed by atoms with Crippen LogP contribution in [0.25, 0.3) is 16.7 Å². The van der Waals surface area contributed by atoms with E-state index in [0.717, 1.165) is 0 Å². The van der Waals surface area contributed by atoms with Crippen molar-refractivity contribution in [3.63, 3.8) is 0 Å². The number of amides is 2. The largest absolute Gasteiger partial charge is 0.459 e. The van der Waals surface area contributed by atoms with Crippen molar-refractivity contribution in [1.82, 2.24) is 30.6 Å². The van der Waals surface area contributed by atoms with Crippen LogP contribution in [-0.2, 0) is 4.79 Å². The van der Waals surface area contributed by atoms with E-state index in [1.165, 1.54) is 30.4 Å². The molecule has 0 spiro atoms. The number of nitrogens with one attached hydrogen (secondary N) is 2. The third-order valence-corrected chi connectivity index (χ3v) is 5.14. The van der Waals surface area contributed by atoms with Crippen LogP contribution in [0.1, 0.15) is 10.6 Å². The lowest BCUT2D eigenvalue weighted by atomic mass is 10.3. The zero-order valence-corrected chi connectivity index (χ0v) is 16.3. The monoisotopic (exact) mass is 428 g/mol. The lowest BCUT2D eigenvalue weighted by molar-refractivity contribution is -0.119. The second-order valence-corrected chi connectivity index (χ2v) is 7.06. The van der Waals surface area contributed by atoms with Crippen LogP contribution in [0.3, 0.4) is 0 Å². The first-order chi connectivity index (χ1) is 14.1. The van der Waals surface area contributed by atoms with E-state index >= 15 is 0 Å². The van der Waals surface area contributed by atoms with Gasteiger partial charge in [-0.1, -0.05) is 35.5 Å². The molecule has 0 radical (unpaired) electrons. The number of thioether (sulfide) groups is 1. The number of hydrogen-bond acceptors (Lipinski definition) is 7. The van der Waals surface area contributed by atoms with E-state index in [2.05, 4.69) is 25.9 Å². The average Bonchev–Trinajstić information content (AvgIpc) is 3.41. The van der Waals surface area contributed by atoms with Gasteiger partial charge in [0.15, 0.2) is 11.4 Å². The van der Waals surface area contributed by atoms with Gasteiger partial charge < -0.3 is 4.42 Å². The molecule has 0 saturated carbocycles. The summed E-state index contributed by atoms with van der Waals surface area (Å²) < 4.78 is 6.57. The third kappa shape index (κ3) is 4.08. The number of aromatic nitrogens is 4. The third-order valence-electron chi connectivity index (χ3n) is 3.81. The molecule has 0 saturated heterocycles. The highest BCUT2D eigenvalue weighted by molar-refractivity contribution is 8.00. The van der Waals surface area contributed by atoms with Gasteiger partial charge in [-0.2, -0.15) is 5.10 Å². The second kappa shape index (κ2) is 8.33. The Morgan fingerprint density at radius 1 is 1.14 bits per heavy atom. The smallest absolute Gasteiger partial charge is 0.305 e. The minimum atomic E-state index is -0.543. The summed E-state index contributed by atoms with van der Waals surface area (Å²) in [5.74, 6) is -0.816. The predicted molar refractivity (Wildman–Crippen MR) is 107 cm³/mol. The lowest BCUT2D eigenvalue weighted by Gasteiger charge is -2.07. The van der Waals surface area contributed by atoms with Crippen LogP contribution in [0, 0.1) is 0 Å². The summed E-state index contributed by atoms with van der Waals surface area (Å²) in [5.41, 5.74) is 5.87. The normalized spacial score (nSPS) is 10.8. The van der Waals surface area contributed by atoms with E-state index in [1.807, 2.05) is 18.2 Å². The molecule has 3 heterocycles. The molecule has 9 nitrogen and oxygen atoms in total. The number of benzene rings is 1. The standard InChI is InChI=1S/C18H13ClN6O3S/c19-12-4-1-2-5-13(12)25-16-11(8-22-25)18(21-10-20-16)29-9-15(26)23-24-17(27)14-6-3-7-28-14/h1-8,10H,9H2,(H,23,26)(H,24,27). The fraction of sp³-hybridized carbons (Fsp3) is 0.0556. The Morgan fingerprint density at radius 2 is 2.00 bits per heavy atom. The molecule has 11 heteroatoms. The summed E-state index contributed by atoms with van der Waals surface area (Å²) in [5, 5.41) is 6.16. The summed E-state index contributed by atoms with van der Waals surface area (Å²) >= 11 is 7.45. The average molecular weight is 429 g/mol. The molecule has 146 valence electrons. The number of carbonyl (C=O) groups is 2. The lowest BCUT2D eigenvalue weighted by Crippen LogP contribution is -2.42. The fourth-order valence-corrected chi connectivity index (χ4v) is 3.48. The maximum atomic E-state index is 12.0. The second-order valence-electron chi connectivity index (χ2n) is 5.69. The number of fused-ring (bicyclic) bond motifs is 1. The van der Waals surface area contributed by atoms with Crippen molar-refractivity contribution < 1.29 is 14.0 Å². The minimum absolute atomic E-state index is 0.0296. The maximum absolute atomic E-state index is 12.0. The molecule has 4 rings (SSSR count). The van der Waals surface area contributed by atoms with E-state index in [1.54, 1.807) is 23.0 Å². The number of furan rings is 1. The van der Waals surface area contributed by atoms with Crippen LogP contribution < -0.4 is 10.9 Å². The van der Waals surface area contributed by atoms with Crippen molar-refractivity contribution in [3.05, 3.63) is 66.0 Å². The van der Waals surface area contributed by atoms with Gasteiger partial charge in [-0.05, 0) is 24.3 Å². The highest BCUT2D eigenvalue weighted by atomic mass is 35.5. The molecular formula is C18H13ClN6O3S. The summed E-state index contributed by atoms with van der Waals surface area (Å²) in [4.78, 5) is 32.3. The van der Waals surface area contributed by atoms with Gasteiger partial charge in [0, 0.05) is 0 Å². The van der Waals surface area contributed by atoms with Crippen LogP contribution >= 0.6 is 23.4 Å². The molecule has 4 aromatic rings. The van der Waals surface area contributed by atoms with E-state index in [-0.39, 0.29) is 11.5 Å². The van der Waals surface area contributed by atoms with E-state index in [4.69, 9.17) is 16.0 Å². The molecule has 0 aliphatic rings. The summed E-state index contributed by atoms with van der Waals surface area (Å²) in [6.07, 6.45) is 4.39. The maximum Gasteiger partial charge on any atom is 0.305 e. The van der Waals surface area contributed by atoms with Gasteiger partial charge in [-0.15, -0.1) is 0 Å². The van der Waals surface area contributed by atoms with Crippen molar-refractivity contribution in [3.8, 4) is 5.69 Å². The Labute approximate surface area is 173 Å². The number of hydrazine groups is 1.